The van der Waals surface area contributed by atoms with Crippen molar-refractivity contribution >= 4 is 54.9 Å². The lowest BCUT2D eigenvalue weighted by Crippen LogP contribution is -1.86. The smallest absolute Gasteiger partial charge is 0.231 e. The van der Waals surface area contributed by atoms with Gasteiger partial charge < -0.3 is 19.7 Å². The van der Waals surface area contributed by atoms with Gasteiger partial charge in [0.25, 0.3) is 0 Å². The average Bonchev–Trinajstić information content (AvgIpc) is 3.14. The second-order valence-corrected chi connectivity index (χ2v) is 8.01. The van der Waals surface area contributed by atoms with Crippen molar-refractivity contribution in [3.63, 3.8) is 0 Å². The van der Waals surface area contributed by atoms with Crippen LogP contribution in [-0.2, 0) is 0 Å². The summed E-state index contributed by atoms with van der Waals surface area (Å²) in [5.41, 5.74) is 3.68. The number of aromatic hydroxyl groups is 3. The van der Waals surface area contributed by atoms with Crippen molar-refractivity contribution in [2.75, 3.05) is 0 Å². The standard InChI is InChI=1S/C21H14Br2N2O4/c1-10-3-2-4-16-18(10)25-21(29-16)13-8-12(5-6-15(13)26)24-9-11-7-14(22)20(28)17(23)19(11)27/h2-9,26-28H,1H3. The Morgan fingerprint density at radius 3 is 2.59 bits per heavy atom. The highest BCUT2D eigenvalue weighted by Crippen LogP contribution is 2.41. The largest absolute Gasteiger partial charge is 0.507 e. The fourth-order valence-electron chi connectivity index (χ4n) is 2.84. The lowest BCUT2D eigenvalue weighted by atomic mass is 10.1. The SMILES string of the molecule is Cc1cccc2oc(-c3cc(N=Cc4cc(Br)c(O)c(Br)c4O)ccc3O)nc12. The summed E-state index contributed by atoms with van der Waals surface area (Å²) in [6, 6.07) is 12.0. The van der Waals surface area contributed by atoms with Gasteiger partial charge in [0.05, 0.1) is 15.7 Å². The van der Waals surface area contributed by atoms with E-state index in [0.717, 1.165) is 11.1 Å². The van der Waals surface area contributed by atoms with Gasteiger partial charge >= 0.3 is 0 Å². The first-order chi connectivity index (χ1) is 13.8. The zero-order chi connectivity index (χ0) is 20.7. The third kappa shape index (κ3) is 3.61. The van der Waals surface area contributed by atoms with Crippen molar-refractivity contribution in [1.29, 1.82) is 0 Å². The van der Waals surface area contributed by atoms with Crippen molar-refractivity contribution in [2.24, 2.45) is 4.99 Å². The highest BCUT2D eigenvalue weighted by molar-refractivity contribution is 9.11. The zero-order valence-electron chi connectivity index (χ0n) is 15.0. The van der Waals surface area contributed by atoms with Gasteiger partial charge in [0.1, 0.15) is 27.2 Å². The summed E-state index contributed by atoms with van der Waals surface area (Å²) in [6.07, 6.45) is 1.46. The maximum Gasteiger partial charge on any atom is 0.231 e. The van der Waals surface area contributed by atoms with Crippen LogP contribution in [0.3, 0.4) is 0 Å². The van der Waals surface area contributed by atoms with Crippen LogP contribution in [-0.4, -0.2) is 26.5 Å². The van der Waals surface area contributed by atoms with Crippen LogP contribution in [0.4, 0.5) is 5.69 Å². The molecule has 0 radical (unpaired) electrons. The van der Waals surface area contributed by atoms with Crippen molar-refractivity contribution in [3.05, 3.63) is 62.5 Å². The number of para-hydroxylation sites is 1. The third-order valence-corrected chi connectivity index (χ3v) is 5.74. The van der Waals surface area contributed by atoms with Crippen molar-refractivity contribution < 1.29 is 19.7 Å². The van der Waals surface area contributed by atoms with Gasteiger partial charge in [0, 0.05) is 11.8 Å². The minimum Gasteiger partial charge on any atom is -0.507 e. The van der Waals surface area contributed by atoms with E-state index in [1.165, 1.54) is 12.3 Å². The number of aliphatic imine (C=N–C) groups is 1. The molecule has 0 saturated carbocycles. The van der Waals surface area contributed by atoms with E-state index in [1.54, 1.807) is 18.2 Å². The van der Waals surface area contributed by atoms with Gasteiger partial charge in [0.15, 0.2) is 5.58 Å². The van der Waals surface area contributed by atoms with Crippen LogP contribution in [0, 0.1) is 6.92 Å². The minimum atomic E-state index is -0.136. The number of aryl methyl sites for hydroxylation is 1. The van der Waals surface area contributed by atoms with Crippen LogP contribution in [0.1, 0.15) is 11.1 Å². The second-order valence-electron chi connectivity index (χ2n) is 6.36. The van der Waals surface area contributed by atoms with Crippen LogP contribution in [0.5, 0.6) is 17.2 Å². The number of fused-ring (bicyclic) bond motifs is 1. The molecule has 4 aromatic rings. The van der Waals surface area contributed by atoms with E-state index in [-0.39, 0.29) is 21.7 Å². The molecule has 146 valence electrons. The molecule has 0 saturated heterocycles. The Kier molecular flexibility index (Phi) is 5.06. The number of aromatic nitrogens is 1. The van der Waals surface area contributed by atoms with Gasteiger partial charge in [0.2, 0.25) is 5.89 Å². The normalized spacial score (nSPS) is 11.6. The van der Waals surface area contributed by atoms with E-state index < -0.39 is 0 Å². The maximum atomic E-state index is 10.3. The summed E-state index contributed by atoms with van der Waals surface area (Å²) in [5.74, 6) is 0.0775. The Balaban J connectivity index is 1.74. The summed E-state index contributed by atoms with van der Waals surface area (Å²) in [7, 11) is 0. The predicted octanol–water partition coefficient (Wildman–Crippen LogP) is 6.20. The molecule has 1 aromatic heterocycles. The fourth-order valence-corrected chi connectivity index (χ4v) is 3.99. The monoisotopic (exact) mass is 516 g/mol. The molecule has 0 fully saturated rings. The van der Waals surface area contributed by atoms with E-state index in [9.17, 15) is 15.3 Å². The van der Waals surface area contributed by atoms with Gasteiger partial charge in [-0.15, -0.1) is 0 Å². The third-order valence-electron chi connectivity index (χ3n) is 4.38. The quantitative estimate of drug-likeness (QED) is 0.281. The van der Waals surface area contributed by atoms with E-state index in [4.69, 9.17) is 4.42 Å². The second kappa shape index (κ2) is 7.53. The van der Waals surface area contributed by atoms with E-state index in [0.29, 0.717) is 32.8 Å². The Hall–Kier alpha value is -2.84. The van der Waals surface area contributed by atoms with Crippen molar-refractivity contribution in [3.8, 4) is 28.7 Å². The molecule has 4 rings (SSSR count). The number of benzene rings is 3. The molecule has 6 nitrogen and oxygen atoms in total. The molecule has 0 unspecified atom stereocenters. The summed E-state index contributed by atoms with van der Waals surface area (Å²) in [6.45, 7) is 1.94. The molecule has 3 aromatic carbocycles. The molecule has 0 aliphatic carbocycles. The molecule has 0 bridgehead atoms. The summed E-state index contributed by atoms with van der Waals surface area (Å²) in [4.78, 5) is 8.85. The van der Waals surface area contributed by atoms with Gasteiger partial charge in [-0.3, -0.25) is 4.99 Å². The first-order valence-electron chi connectivity index (χ1n) is 8.48. The van der Waals surface area contributed by atoms with Crippen LogP contribution in [0.2, 0.25) is 0 Å². The van der Waals surface area contributed by atoms with Crippen LogP contribution < -0.4 is 0 Å². The highest BCUT2D eigenvalue weighted by Gasteiger charge is 2.15. The topological polar surface area (TPSA) is 99.1 Å². The molecule has 8 heteroatoms. The molecular formula is C21H14Br2N2O4. The minimum absolute atomic E-state index is 0.0196. The average molecular weight is 518 g/mol. The number of phenols is 3. The van der Waals surface area contributed by atoms with E-state index in [2.05, 4.69) is 41.8 Å². The molecule has 0 atom stereocenters. The molecule has 3 N–H and O–H groups in total. The molecule has 0 amide bonds. The number of hydrogen-bond donors (Lipinski definition) is 3. The number of nitrogens with zero attached hydrogens (tertiary/aromatic N) is 2. The first-order valence-corrected chi connectivity index (χ1v) is 10.1. The predicted molar refractivity (Wildman–Crippen MR) is 118 cm³/mol. The van der Waals surface area contributed by atoms with Crippen LogP contribution >= 0.6 is 31.9 Å². The van der Waals surface area contributed by atoms with Crippen LogP contribution in [0.15, 0.2) is 60.8 Å². The number of hydrogen-bond acceptors (Lipinski definition) is 6. The zero-order valence-corrected chi connectivity index (χ0v) is 18.2. The maximum absolute atomic E-state index is 10.3. The Labute approximate surface area is 182 Å². The Morgan fingerprint density at radius 1 is 1.03 bits per heavy atom. The molecule has 0 aliphatic heterocycles. The number of rotatable bonds is 3. The first kappa shape index (κ1) is 19.5. The molecule has 1 heterocycles. The Bertz CT molecular complexity index is 1280. The lowest BCUT2D eigenvalue weighted by Gasteiger charge is -2.06. The molecule has 0 spiro atoms. The summed E-state index contributed by atoms with van der Waals surface area (Å²) >= 11 is 6.36. The van der Waals surface area contributed by atoms with Gasteiger partial charge in [-0.25, -0.2) is 4.98 Å². The summed E-state index contributed by atoms with van der Waals surface area (Å²) in [5, 5.41) is 30.3. The van der Waals surface area contributed by atoms with E-state index >= 15 is 0 Å². The van der Waals surface area contributed by atoms with Crippen molar-refractivity contribution in [2.45, 2.75) is 6.92 Å². The lowest BCUT2D eigenvalue weighted by molar-refractivity contribution is 0.442. The molecular weight excluding hydrogens is 504 g/mol. The summed E-state index contributed by atoms with van der Waals surface area (Å²) < 4.78 is 6.38. The fraction of sp³-hybridized carbons (Fsp3) is 0.0476. The van der Waals surface area contributed by atoms with Crippen molar-refractivity contribution in [1.82, 2.24) is 4.98 Å². The number of oxazole rings is 1. The van der Waals surface area contributed by atoms with Gasteiger partial charge in [-0.1, -0.05) is 12.1 Å². The van der Waals surface area contributed by atoms with Gasteiger partial charge in [-0.2, -0.15) is 0 Å². The van der Waals surface area contributed by atoms with E-state index in [1.807, 2.05) is 25.1 Å². The van der Waals surface area contributed by atoms with Gasteiger partial charge in [-0.05, 0) is 74.7 Å². The molecule has 29 heavy (non-hydrogen) atoms. The van der Waals surface area contributed by atoms with Crippen LogP contribution in [0.25, 0.3) is 22.6 Å². The molecule has 0 aliphatic rings. The number of halogens is 2. The number of phenolic OH excluding ortho intramolecular Hbond substituents is 3. The highest BCUT2D eigenvalue weighted by atomic mass is 79.9. The Morgan fingerprint density at radius 2 is 1.83 bits per heavy atom.